The quantitative estimate of drug-likeness (QED) is 0.874. The fourth-order valence-electron chi connectivity index (χ4n) is 1.99. The Kier molecular flexibility index (Phi) is 3.80. The van der Waals surface area contributed by atoms with Crippen LogP contribution >= 0.6 is 0 Å². The van der Waals surface area contributed by atoms with E-state index in [1.54, 1.807) is 0 Å². The number of ether oxygens (including phenoxy) is 1. The average molecular weight is 263 g/mol. The molecule has 0 aliphatic carbocycles. The Morgan fingerprint density at radius 2 is 2.21 bits per heavy atom. The number of fused-ring (bicyclic) bond motifs is 1. The van der Waals surface area contributed by atoms with E-state index in [1.807, 2.05) is 39.0 Å². The van der Waals surface area contributed by atoms with E-state index in [0.717, 1.165) is 23.3 Å². The minimum Gasteiger partial charge on any atom is -0.493 e. The summed E-state index contributed by atoms with van der Waals surface area (Å²) >= 11 is 0. The van der Waals surface area contributed by atoms with Crippen molar-refractivity contribution in [3.63, 3.8) is 0 Å². The number of aliphatic hydroxyl groups excluding tert-OH is 1. The summed E-state index contributed by atoms with van der Waals surface area (Å²) in [7, 11) is 0. The Labute approximate surface area is 113 Å². The van der Waals surface area contributed by atoms with Crippen molar-refractivity contribution < 1.29 is 14.6 Å². The lowest BCUT2D eigenvalue weighted by molar-refractivity contribution is -0.128. The normalized spacial score (nSPS) is 15.6. The summed E-state index contributed by atoms with van der Waals surface area (Å²) in [6.45, 7) is 6.48. The second-order valence-corrected chi connectivity index (χ2v) is 5.94. The summed E-state index contributed by atoms with van der Waals surface area (Å²) < 4.78 is 5.42. The molecule has 4 heteroatoms. The van der Waals surface area contributed by atoms with E-state index in [4.69, 9.17) is 4.74 Å². The average Bonchev–Trinajstić information content (AvgIpc) is 2.81. The standard InChI is InChI=1S/C15H21NO3/c1-15(2,3)14(18)16-9-12(17)10-4-5-13-11(8-10)6-7-19-13/h4-5,8,12,17H,6-7,9H2,1-3H3,(H,16,18)/t12-/m1/s1. The highest BCUT2D eigenvalue weighted by atomic mass is 16.5. The summed E-state index contributed by atoms with van der Waals surface area (Å²) in [6, 6.07) is 5.68. The van der Waals surface area contributed by atoms with Crippen LogP contribution in [0.3, 0.4) is 0 Å². The molecule has 0 aromatic heterocycles. The summed E-state index contributed by atoms with van der Waals surface area (Å²) in [5.41, 5.74) is 1.50. The zero-order valence-electron chi connectivity index (χ0n) is 11.7. The molecule has 2 rings (SSSR count). The van der Waals surface area contributed by atoms with Crippen molar-refractivity contribution in [2.45, 2.75) is 33.3 Å². The number of benzene rings is 1. The number of hydrogen-bond acceptors (Lipinski definition) is 3. The second-order valence-electron chi connectivity index (χ2n) is 5.94. The molecule has 1 heterocycles. The van der Waals surface area contributed by atoms with E-state index in [0.29, 0.717) is 6.61 Å². The lowest BCUT2D eigenvalue weighted by atomic mass is 9.95. The van der Waals surface area contributed by atoms with Gasteiger partial charge in [0.1, 0.15) is 5.75 Å². The van der Waals surface area contributed by atoms with Crippen LogP contribution in [0.5, 0.6) is 5.75 Å². The van der Waals surface area contributed by atoms with Gasteiger partial charge in [0.15, 0.2) is 0 Å². The highest BCUT2D eigenvalue weighted by Crippen LogP contribution is 2.28. The van der Waals surface area contributed by atoms with Crippen LogP contribution in [0.25, 0.3) is 0 Å². The van der Waals surface area contributed by atoms with Crippen LogP contribution in [0.1, 0.15) is 38.0 Å². The second kappa shape index (κ2) is 5.21. The number of aliphatic hydroxyl groups is 1. The van der Waals surface area contributed by atoms with Gasteiger partial charge in [0.2, 0.25) is 5.91 Å². The molecule has 0 saturated carbocycles. The fourth-order valence-corrected chi connectivity index (χ4v) is 1.99. The highest BCUT2D eigenvalue weighted by Gasteiger charge is 2.22. The summed E-state index contributed by atoms with van der Waals surface area (Å²) in [4.78, 5) is 11.7. The monoisotopic (exact) mass is 263 g/mol. The third kappa shape index (κ3) is 3.26. The van der Waals surface area contributed by atoms with E-state index in [-0.39, 0.29) is 12.5 Å². The molecule has 0 unspecified atom stereocenters. The molecule has 4 nitrogen and oxygen atoms in total. The van der Waals surface area contributed by atoms with Crippen LogP contribution < -0.4 is 10.1 Å². The van der Waals surface area contributed by atoms with Crippen molar-refractivity contribution in [3.8, 4) is 5.75 Å². The first-order valence-corrected chi connectivity index (χ1v) is 6.60. The van der Waals surface area contributed by atoms with Gasteiger partial charge in [-0.05, 0) is 23.3 Å². The minimum absolute atomic E-state index is 0.0592. The van der Waals surface area contributed by atoms with E-state index in [1.165, 1.54) is 0 Å². The van der Waals surface area contributed by atoms with Gasteiger partial charge in [0, 0.05) is 18.4 Å². The number of nitrogens with one attached hydrogen (secondary N) is 1. The van der Waals surface area contributed by atoms with Gasteiger partial charge < -0.3 is 15.2 Å². The Morgan fingerprint density at radius 1 is 1.47 bits per heavy atom. The number of carbonyl (C=O) groups excluding carboxylic acids is 1. The number of rotatable bonds is 3. The maximum Gasteiger partial charge on any atom is 0.225 e. The van der Waals surface area contributed by atoms with Crippen LogP contribution in [0, 0.1) is 5.41 Å². The number of amides is 1. The SMILES string of the molecule is CC(C)(C)C(=O)NC[C@@H](O)c1ccc2c(c1)CCO2. The molecule has 104 valence electrons. The van der Waals surface area contributed by atoms with Gasteiger partial charge in [-0.25, -0.2) is 0 Å². The van der Waals surface area contributed by atoms with Crippen molar-refractivity contribution in [2.24, 2.45) is 5.41 Å². The van der Waals surface area contributed by atoms with Crippen molar-refractivity contribution >= 4 is 5.91 Å². The molecule has 1 amide bonds. The Hall–Kier alpha value is -1.55. The third-order valence-corrected chi connectivity index (χ3v) is 3.24. The highest BCUT2D eigenvalue weighted by molar-refractivity contribution is 5.81. The van der Waals surface area contributed by atoms with Crippen LogP contribution in [0.4, 0.5) is 0 Å². The molecule has 1 aromatic rings. The first-order valence-electron chi connectivity index (χ1n) is 6.60. The molecule has 1 aromatic carbocycles. The smallest absolute Gasteiger partial charge is 0.225 e. The third-order valence-electron chi connectivity index (χ3n) is 3.24. The molecular weight excluding hydrogens is 242 g/mol. The van der Waals surface area contributed by atoms with Crippen molar-refractivity contribution in [3.05, 3.63) is 29.3 Å². The van der Waals surface area contributed by atoms with Gasteiger partial charge in [0.05, 0.1) is 12.7 Å². The summed E-state index contributed by atoms with van der Waals surface area (Å²) in [5, 5.41) is 12.9. The lowest BCUT2D eigenvalue weighted by Gasteiger charge is -2.20. The van der Waals surface area contributed by atoms with E-state index in [9.17, 15) is 9.90 Å². The Balaban J connectivity index is 1.97. The van der Waals surface area contributed by atoms with Crippen LogP contribution in [-0.2, 0) is 11.2 Å². The van der Waals surface area contributed by atoms with Crippen molar-refractivity contribution in [1.82, 2.24) is 5.32 Å². The molecule has 0 spiro atoms. The van der Waals surface area contributed by atoms with Crippen LogP contribution in [0.15, 0.2) is 18.2 Å². The number of carbonyl (C=O) groups is 1. The zero-order chi connectivity index (χ0) is 14.0. The molecule has 0 bridgehead atoms. The Morgan fingerprint density at radius 3 is 2.89 bits per heavy atom. The molecule has 1 atom stereocenters. The molecule has 0 radical (unpaired) electrons. The Bertz CT molecular complexity index is 477. The lowest BCUT2D eigenvalue weighted by Crippen LogP contribution is -2.37. The maximum atomic E-state index is 11.7. The fraction of sp³-hybridized carbons (Fsp3) is 0.533. The van der Waals surface area contributed by atoms with Gasteiger partial charge in [-0.2, -0.15) is 0 Å². The molecule has 19 heavy (non-hydrogen) atoms. The van der Waals surface area contributed by atoms with Gasteiger partial charge >= 0.3 is 0 Å². The first kappa shape index (κ1) is 13.9. The maximum absolute atomic E-state index is 11.7. The van der Waals surface area contributed by atoms with Crippen LogP contribution in [0.2, 0.25) is 0 Å². The van der Waals surface area contributed by atoms with E-state index < -0.39 is 11.5 Å². The molecule has 1 aliphatic rings. The van der Waals surface area contributed by atoms with E-state index in [2.05, 4.69) is 5.32 Å². The molecule has 0 saturated heterocycles. The minimum atomic E-state index is -0.683. The van der Waals surface area contributed by atoms with Gasteiger partial charge in [-0.15, -0.1) is 0 Å². The van der Waals surface area contributed by atoms with E-state index >= 15 is 0 Å². The molecule has 2 N–H and O–H groups in total. The first-order chi connectivity index (χ1) is 8.88. The molecular formula is C15H21NO3. The molecule has 1 aliphatic heterocycles. The van der Waals surface area contributed by atoms with Gasteiger partial charge in [-0.3, -0.25) is 4.79 Å². The topological polar surface area (TPSA) is 58.6 Å². The predicted molar refractivity (Wildman–Crippen MR) is 73.1 cm³/mol. The summed E-state index contributed by atoms with van der Waals surface area (Å²) in [6.07, 6.45) is 0.196. The van der Waals surface area contributed by atoms with Crippen LogP contribution in [-0.4, -0.2) is 24.2 Å². The van der Waals surface area contributed by atoms with Crippen molar-refractivity contribution in [2.75, 3.05) is 13.2 Å². The zero-order valence-corrected chi connectivity index (χ0v) is 11.7. The largest absolute Gasteiger partial charge is 0.493 e. The summed E-state index contributed by atoms with van der Waals surface area (Å²) in [5.74, 6) is 0.839. The van der Waals surface area contributed by atoms with Gasteiger partial charge in [-0.1, -0.05) is 26.8 Å². The number of hydrogen-bond donors (Lipinski definition) is 2. The van der Waals surface area contributed by atoms with Crippen molar-refractivity contribution in [1.29, 1.82) is 0 Å². The predicted octanol–water partition coefficient (Wildman–Crippen LogP) is 1.82. The van der Waals surface area contributed by atoms with Gasteiger partial charge in [0.25, 0.3) is 0 Å². The molecule has 0 fully saturated rings.